The molecule has 6 N–H and O–H groups in total. The van der Waals surface area contributed by atoms with Crippen LogP contribution in [0.25, 0.3) is 22.3 Å². The number of pyridine rings is 2. The second-order valence-corrected chi connectivity index (χ2v) is 18.2. The maximum Gasteiger partial charge on any atom is 0.416 e. The number of rotatable bonds is 23. The monoisotopic (exact) mass is 1140 g/mol. The van der Waals surface area contributed by atoms with Gasteiger partial charge >= 0.3 is 30.3 Å². The molecular formula is C58H67ClF6N6O9. The lowest BCUT2D eigenvalue weighted by Crippen LogP contribution is -2.32. The van der Waals surface area contributed by atoms with Crippen LogP contribution in [0.15, 0.2) is 134 Å². The third-order valence-electron chi connectivity index (χ3n) is 11.6. The molecule has 432 valence electrons. The zero-order chi connectivity index (χ0) is 58.1. The summed E-state index contributed by atoms with van der Waals surface area (Å²) in [6.07, 6.45) is -5.08. The molecule has 0 bridgehead atoms. The van der Waals surface area contributed by atoms with E-state index in [0.717, 1.165) is 35.6 Å². The van der Waals surface area contributed by atoms with Gasteiger partial charge in [-0.2, -0.15) is 26.3 Å². The molecule has 22 heteroatoms. The molecule has 0 spiro atoms. The van der Waals surface area contributed by atoms with Crippen molar-refractivity contribution >= 4 is 47.6 Å². The lowest BCUT2D eigenvalue weighted by molar-refractivity contribution is -0.143. The van der Waals surface area contributed by atoms with Gasteiger partial charge in [-0.05, 0) is 115 Å². The predicted molar refractivity (Wildman–Crippen MR) is 296 cm³/mol. The predicted octanol–water partition coefficient (Wildman–Crippen LogP) is 12.3. The van der Waals surface area contributed by atoms with Gasteiger partial charge in [0.25, 0.3) is 5.91 Å². The highest BCUT2D eigenvalue weighted by Crippen LogP contribution is 2.33. The number of nitrogens with one attached hydrogen (secondary N) is 3. The van der Waals surface area contributed by atoms with Crippen LogP contribution in [0, 0.1) is 11.8 Å². The highest BCUT2D eigenvalue weighted by atomic mass is 35.5. The number of nitrogens with two attached hydrogens (primary N) is 1. The molecule has 0 radical (unpaired) electrons. The number of anilines is 2. The SMILES string of the molecule is CC(C)[C@@H](COc1ccc(-c2ccc(C(F)(F)F)cc2)cn1)Nc1ccc(C(=O)O)cc1.CCC(=O)OCCN.CCOC(=O)CCNC(=O)c1ccc(N[C@H](COc2ccc(-c3ccc(C(F)(F)F)cc3)cn2)C(C)C)cc1.Cl. The van der Waals surface area contributed by atoms with E-state index in [2.05, 4.69) is 30.7 Å². The van der Waals surface area contributed by atoms with Crippen LogP contribution in [-0.4, -0.2) is 90.5 Å². The number of hydrogen-bond acceptors (Lipinski definition) is 13. The Hall–Kier alpha value is -7.91. The van der Waals surface area contributed by atoms with Gasteiger partial charge in [0.05, 0.1) is 41.8 Å². The quantitative estimate of drug-likeness (QED) is 0.0298. The first kappa shape index (κ1) is 66.4. The van der Waals surface area contributed by atoms with Crippen molar-refractivity contribution in [3.8, 4) is 34.0 Å². The minimum atomic E-state index is -4.38. The summed E-state index contributed by atoms with van der Waals surface area (Å²) in [4.78, 5) is 53.5. The number of carboxylic acid groups (broad SMARTS) is 1. The summed E-state index contributed by atoms with van der Waals surface area (Å²) in [5.41, 5.74) is 8.55. The Morgan fingerprint density at radius 2 is 0.988 bits per heavy atom. The van der Waals surface area contributed by atoms with E-state index in [1.807, 2.05) is 27.7 Å². The summed E-state index contributed by atoms with van der Waals surface area (Å²) in [5.74, 6) is -0.573. The van der Waals surface area contributed by atoms with Crippen LogP contribution in [0.3, 0.4) is 0 Å². The van der Waals surface area contributed by atoms with E-state index in [1.165, 1.54) is 36.4 Å². The highest BCUT2D eigenvalue weighted by Gasteiger charge is 2.31. The van der Waals surface area contributed by atoms with Crippen molar-refractivity contribution in [1.29, 1.82) is 0 Å². The third kappa shape index (κ3) is 22.8. The lowest BCUT2D eigenvalue weighted by Gasteiger charge is -2.23. The van der Waals surface area contributed by atoms with Crippen LogP contribution in [0.5, 0.6) is 11.8 Å². The Kier molecular flexibility index (Phi) is 27.3. The van der Waals surface area contributed by atoms with Crippen molar-refractivity contribution in [3.63, 3.8) is 0 Å². The Bertz CT molecular complexity index is 2810. The van der Waals surface area contributed by atoms with Gasteiger partial charge in [0.15, 0.2) is 0 Å². The Morgan fingerprint density at radius 3 is 1.32 bits per heavy atom. The van der Waals surface area contributed by atoms with Crippen LogP contribution in [0.2, 0.25) is 0 Å². The molecule has 80 heavy (non-hydrogen) atoms. The maximum atomic E-state index is 12.8. The Labute approximate surface area is 467 Å². The summed E-state index contributed by atoms with van der Waals surface area (Å²) in [6.45, 7) is 13.5. The molecule has 2 aromatic heterocycles. The van der Waals surface area contributed by atoms with Crippen LogP contribution >= 0.6 is 12.4 Å². The number of esters is 2. The molecule has 6 rings (SSSR count). The molecule has 15 nitrogen and oxygen atoms in total. The number of halogens is 7. The fraction of sp³-hybridized carbons (Fsp3) is 0.345. The van der Waals surface area contributed by atoms with Gasteiger partial charge < -0.3 is 45.7 Å². The molecule has 0 fully saturated rings. The molecule has 4 aromatic carbocycles. The minimum absolute atomic E-state index is 0. The van der Waals surface area contributed by atoms with E-state index in [9.17, 15) is 45.5 Å². The molecular weight excluding hydrogens is 1070 g/mol. The zero-order valence-corrected chi connectivity index (χ0v) is 45.8. The number of amides is 1. The summed E-state index contributed by atoms with van der Waals surface area (Å²) >= 11 is 0. The van der Waals surface area contributed by atoms with E-state index in [4.69, 9.17) is 25.1 Å². The summed E-state index contributed by atoms with van der Waals surface area (Å²) in [6, 6.07) is 30.0. The van der Waals surface area contributed by atoms with Crippen LogP contribution < -0.4 is 31.2 Å². The van der Waals surface area contributed by atoms with Gasteiger partial charge in [-0.1, -0.05) is 58.9 Å². The largest absolute Gasteiger partial charge is 0.478 e. The first-order chi connectivity index (χ1) is 37.5. The van der Waals surface area contributed by atoms with Crippen LogP contribution in [0.1, 0.15) is 86.2 Å². The van der Waals surface area contributed by atoms with Gasteiger partial charge in [-0.3, -0.25) is 14.4 Å². The van der Waals surface area contributed by atoms with Crippen molar-refractivity contribution in [1.82, 2.24) is 15.3 Å². The minimum Gasteiger partial charge on any atom is -0.478 e. The Balaban J connectivity index is 0.000000370. The standard InChI is InChI=1S/C29H32F3N3O4.C24H23F3N2O3.C5H11NO2.ClH/c1-4-38-27(36)15-16-33-28(37)21-7-12-24(13-8-21)35-25(19(2)3)18-39-26-14-9-22(17-34-26)20-5-10-23(11-6-20)29(30,31)32;1-15(2)21(29-20-10-5-17(6-11-20)23(30)31)14-32-22-12-7-18(13-28-22)16-3-8-19(9-4-16)24(25,26)27;1-2-5(7)8-4-3-6;/h5-14,17,19,25,35H,4,15-16,18H2,1-3H3,(H,33,37);3-13,15,21,29H,14H2,1-2H3,(H,30,31);2-4,6H2,1H3;1H/t25-;21-;;/m11../s1. The van der Waals surface area contributed by atoms with E-state index in [-0.39, 0.29) is 72.7 Å². The number of benzene rings is 4. The fourth-order valence-corrected chi connectivity index (χ4v) is 6.87. The van der Waals surface area contributed by atoms with Gasteiger partial charge in [0, 0.05) is 72.1 Å². The van der Waals surface area contributed by atoms with E-state index >= 15 is 0 Å². The average molecular weight is 1140 g/mol. The fourth-order valence-electron chi connectivity index (χ4n) is 6.87. The second-order valence-electron chi connectivity index (χ2n) is 18.2. The number of alkyl halides is 6. The first-order valence-corrected chi connectivity index (χ1v) is 25.3. The third-order valence-corrected chi connectivity index (χ3v) is 11.6. The number of nitrogens with zero attached hydrogens (tertiary/aromatic N) is 2. The van der Waals surface area contributed by atoms with E-state index in [0.29, 0.717) is 79.0 Å². The number of hydrogen-bond donors (Lipinski definition) is 5. The molecule has 2 heterocycles. The van der Waals surface area contributed by atoms with Crippen molar-refractivity contribution < 1.29 is 69.6 Å². The van der Waals surface area contributed by atoms with Crippen LogP contribution in [0.4, 0.5) is 37.7 Å². The van der Waals surface area contributed by atoms with Crippen LogP contribution in [-0.2, 0) is 31.4 Å². The lowest BCUT2D eigenvalue weighted by atomic mass is 10.0. The number of ether oxygens (including phenoxy) is 4. The molecule has 1 amide bonds. The van der Waals surface area contributed by atoms with E-state index < -0.39 is 29.4 Å². The molecule has 0 aliphatic rings. The Morgan fingerprint density at radius 1 is 0.575 bits per heavy atom. The van der Waals surface area contributed by atoms with Gasteiger partial charge in [0.2, 0.25) is 11.8 Å². The average Bonchev–Trinajstić information content (AvgIpc) is 3.43. The maximum absolute atomic E-state index is 12.8. The molecule has 0 unspecified atom stereocenters. The summed E-state index contributed by atoms with van der Waals surface area (Å²) in [5, 5.41) is 18.4. The first-order valence-electron chi connectivity index (χ1n) is 25.3. The van der Waals surface area contributed by atoms with Crippen molar-refractivity contribution in [2.45, 2.75) is 78.8 Å². The molecule has 0 aliphatic carbocycles. The smallest absolute Gasteiger partial charge is 0.416 e. The zero-order valence-electron chi connectivity index (χ0n) is 45.0. The molecule has 0 saturated heterocycles. The topological polar surface area (TPSA) is 213 Å². The number of carboxylic acids is 1. The van der Waals surface area contributed by atoms with Gasteiger partial charge in [-0.25, -0.2) is 14.8 Å². The molecule has 6 aromatic rings. The number of aromatic nitrogens is 2. The van der Waals surface area contributed by atoms with Crippen molar-refractivity contribution in [3.05, 3.63) is 156 Å². The van der Waals surface area contributed by atoms with E-state index in [1.54, 1.807) is 86.9 Å². The summed E-state index contributed by atoms with van der Waals surface area (Å²) < 4.78 is 97.6. The molecule has 2 atom stereocenters. The highest BCUT2D eigenvalue weighted by molar-refractivity contribution is 5.94. The van der Waals surface area contributed by atoms with Gasteiger partial charge in [0.1, 0.15) is 19.8 Å². The molecule has 0 saturated carbocycles. The van der Waals surface area contributed by atoms with Gasteiger partial charge in [-0.15, -0.1) is 12.4 Å². The van der Waals surface area contributed by atoms with Crippen molar-refractivity contribution in [2.75, 3.05) is 50.2 Å². The summed E-state index contributed by atoms with van der Waals surface area (Å²) in [7, 11) is 0. The number of carbonyl (C=O) groups is 4. The number of carbonyl (C=O) groups excluding carboxylic acids is 3. The number of aromatic carboxylic acids is 1. The van der Waals surface area contributed by atoms with Crippen molar-refractivity contribution in [2.24, 2.45) is 17.6 Å². The molecule has 0 aliphatic heterocycles. The second kappa shape index (κ2) is 32.9. The normalized spacial score (nSPS) is 11.7.